The summed E-state index contributed by atoms with van der Waals surface area (Å²) in [6.07, 6.45) is 12.1. The van der Waals surface area contributed by atoms with Crippen molar-refractivity contribution in [3.05, 3.63) is 35.7 Å². The minimum atomic E-state index is -3.09. The zero-order chi connectivity index (χ0) is 21.7. The summed E-state index contributed by atoms with van der Waals surface area (Å²) in [6.45, 7) is 8.80. The molecule has 1 aliphatic heterocycles. The molecule has 0 bridgehead atoms. The van der Waals surface area contributed by atoms with Crippen molar-refractivity contribution in [2.45, 2.75) is 63.7 Å². The van der Waals surface area contributed by atoms with Crippen molar-refractivity contribution < 1.29 is 8.42 Å². The number of aliphatic imine (C=N–C) groups is 1. The Labute approximate surface area is 179 Å². The molecule has 1 unspecified atom stereocenters. The SMILES string of the molecule is C=NC(=C(C)C=CC)c1cnn(C(CC#N)CC2CCN(S(=O)(=O)C3CC3)CC2)c1. The van der Waals surface area contributed by atoms with Crippen molar-refractivity contribution in [2.75, 3.05) is 13.1 Å². The minimum absolute atomic E-state index is 0.0339. The van der Waals surface area contributed by atoms with E-state index in [0.717, 1.165) is 48.9 Å². The van der Waals surface area contributed by atoms with E-state index in [2.05, 4.69) is 22.9 Å². The molecule has 2 fully saturated rings. The van der Waals surface area contributed by atoms with Crippen molar-refractivity contribution in [1.82, 2.24) is 14.1 Å². The highest BCUT2D eigenvalue weighted by Gasteiger charge is 2.41. The molecule has 0 amide bonds. The number of nitriles is 1. The molecule has 1 saturated carbocycles. The molecule has 1 atom stereocenters. The lowest BCUT2D eigenvalue weighted by Crippen LogP contribution is -2.40. The van der Waals surface area contributed by atoms with E-state index in [1.165, 1.54) is 0 Å². The maximum absolute atomic E-state index is 12.4. The lowest BCUT2D eigenvalue weighted by molar-refractivity contribution is 0.233. The summed E-state index contributed by atoms with van der Waals surface area (Å²) in [5.74, 6) is 0.388. The van der Waals surface area contributed by atoms with Crippen LogP contribution >= 0.6 is 0 Å². The number of piperidine rings is 1. The summed E-state index contributed by atoms with van der Waals surface area (Å²) < 4.78 is 28.4. The second-order valence-corrected chi connectivity index (χ2v) is 10.5. The van der Waals surface area contributed by atoms with Crippen LogP contribution in [0.1, 0.15) is 64.0 Å². The van der Waals surface area contributed by atoms with Crippen molar-refractivity contribution in [1.29, 1.82) is 5.26 Å². The average molecular weight is 430 g/mol. The summed E-state index contributed by atoms with van der Waals surface area (Å²) in [7, 11) is -3.09. The molecule has 0 spiro atoms. The van der Waals surface area contributed by atoms with Gasteiger partial charge in [-0.2, -0.15) is 10.4 Å². The summed E-state index contributed by atoms with van der Waals surface area (Å²) in [4.78, 5) is 4.16. The van der Waals surface area contributed by atoms with E-state index >= 15 is 0 Å². The van der Waals surface area contributed by atoms with Crippen molar-refractivity contribution in [3.8, 4) is 6.07 Å². The van der Waals surface area contributed by atoms with Gasteiger partial charge in [-0.15, -0.1) is 0 Å². The maximum atomic E-state index is 12.4. The number of nitrogens with zero attached hydrogens (tertiary/aromatic N) is 5. The number of aromatic nitrogens is 2. The molecule has 1 aromatic heterocycles. The highest BCUT2D eigenvalue weighted by molar-refractivity contribution is 7.90. The van der Waals surface area contributed by atoms with Crippen LogP contribution in [0.25, 0.3) is 5.70 Å². The minimum Gasteiger partial charge on any atom is -0.268 e. The van der Waals surface area contributed by atoms with Gasteiger partial charge in [0.05, 0.1) is 35.7 Å². The molecule has 1 saturated heterocycles. The topological polar surface area (TPSA) is 91.3 Å². The highest BCUT2D eigenvalue weighted by Crippen LogP contribution is 2.35. The molecule has 0 N–H and O–H groups in total. The third-order valence-corrected chi connectivity index (χ3v) is 8.41. The molecule has 30 heavy (non-hydrogen) atoms. The summed E-state index contributed by atoms with van der Waals surface area (Å²) in [6, 6.07) is 2.25. The van der Waals surface area contributed by atoms with Crippen LogP contribution in [0.3, 0.4) is 0 Å². The molecule has 0 aromatic carbocycles. The Balaban J connectivity index is 1.67. The van der Waals surface area contributed by atoms with Gasteiger partial charge in [-0.25, -0.2) is 12.7 Å². The quantitative estimate of drug-likeness (QED) is 0.439. The summed E-state index contributed by atoms with van der Waals surface area (Å²) in [5, 5.41) is 13.7. The maximum Gasteiger partial charge on any atom is 0.216 e. The second kappa shape index (κ2) is 9.71. The number of allylic oxidation sites excluding steroid dienone is 3. The van der Waals surface area contributed by atoms with Crippen LogP contribution in [-0.2, 0) is 10.0 Å². The molecule has 2 heterocycles. The van der Waals surface area contributed by atoms with Crippen LogP contribution in [0, 0.1) is 17.2 Å². The summed E-state index contributed by atoms with van der Waals surface area (Å²) in [5.41, 5.74) is 2.68. The van der Waals surface area contributed by atoms with Gasteiger partial charge in [0, 0.05) is 24.8 Å². The lowest BCUT2D eigenvalue weighted by atomic mass is 9.90. The van der Waals surface area contributed by atoms with Crippen LogP contribution in [0.15, 0.2) is 35.1 Å². The third kappa shape index (κ3) is 5.08. The predicted molar refractivity (Wildman–Crippen MR) is 119 cm³/mol. The van der Waals surface area contributed by atoms with Crippen LogP contribution < -0.4 is 0 Å². The molecule has 1 aliphatic carbocycles. The van der Waals surface area contributed by atoms with Gasteiger partial charge in [0.1, 0.15) is 0 Å². The Hall–Kier alpha value is -2.24. The van der Waals surface area contributed by atoms with Gasteiger partial charge < -0.3 is 0 Å². The first kappa shape index (κ1) is 22.4. The molecule has 8 heteroatoms. The van der Waals surface area contributed by atoms with Crippen LogP contribution in [0.5, 0.6) is 0 Å². The molecular weight excluding hydrogens is 398 g/mol. The van der Waals surface area contributed by atoms with Gasteiger partial charge in [0.25, 0.3) is 0 Å². The Bertz CT molecular complexity index is 958. The molecule has 0 radical (unpaired) electrons. The zero-order valence-electron chi connectivity index (χ0n) is 17.9. The first-order valence-corrected chi connectivity index (χ1v) is 12.1. The molecule has 2 aliphatic rings. The molecule has 162 valence electrons. The fourth-order valence-electron chi connectivity index (χ4n) is 4.18. The van der Waals surface area contributed by atoms with E-state index in [-0.39, 0.29) is 11.3 Å². The van der Waals surface area contributed by atoms with Crippen molar-refractivity contribution >= 4 is 22.4 Å². The van der Waals surface area contributed by atoms with Gasteiger partial charge >= 0.3 is 0 Å². The normalized spacial score (nSPS) is 20.7. The van der Waals surface area contributed by atoms with E-state index in [1.54, 1.807) is 10.5 Å². The van der Waals surface area contributed by atoms with Crippen molar-refractivity contribution in [2.24, 2.45) is 10.9 Å². The Morgan fingerprint density at radius 2 is 2.10 bits per heavy atom. The molecular formula is C22H31N5O2S. The lowest BCUT2D eigenvalue weighted by Gasteiger charge is -2.32. The summed E-state index contributed by atoms with van der Waals surface area (Å²) >= 11 is 0. The fraction of sp³-hybridized carbons (Fsp3) is 0.591. The molecule has 1 aromatic rings. The fourth-order valence-corrected chi connectivity index (χ4v) is 6.06. The first-order chi connectivity index (χ1) is 14.4. The Kier molecular flexibility index (Phi) is 7.27. The van der Waals surface area contributed by atoms with Gasteiger partial charge in [-0.3, -0.25) is 9.67 Å². The van der Waals surface area contributed by atoms with Crippen LogP contribution in [0.4, 0.5) is 0 Å². The van der Waals surface area contributed by atoms with Gasteiger partial charge in [0.15, 0.2) is 0 Å². The average Bonchev–Trinajstić information content (AvgIpc) is 3.49. The zero-order valence-corrected chi connectivity index (χ0v) is 18.7. The second-order valence-electron chi connectivity index (χ2n) is 8.24. The largest absolute Gasteiger partial charge is 0.268 e. The highest BCUT2D eigenvalue weighted by atomic mass is 32.2. The van der Waals surface area contributed by atoms with E-state index in [1.807, 2.05) is 36.9 Å². The third-order valence-electron chi connectivity index (χ3n) is 6.01. The van der Waals surface area contributed by atoms with Gasteiger partial charge in [-0.05, 0) is 64.2 Å². The van der Waals surface area contributed by atoms with Crippen molar-refractivity contribution in [3.63, 3.8) is 0 Å². The standard InChI is InChI=1S/C22H31N5O2S/c1-4-5-17(2)22(24-3)19-15-25-27(16-19)20(8-11-23)14-18-9-12-26(13-10-18)30(28,29)21-6-7-21/h4-5,15-16,18,20-21H,3,6-10,12-14H2,1-2H3. The van der Waals surface area contributed by atoms with Gasteiger partial charge in [-0.1, -0.05) is 12.2 Å². The first-order valence-electron chi connectivity index (χ1n) is 10.6. The number of hydrogen-bond donors (Lipinski definition) is 0. The van der Waals surface area contributed by atoms with Crippen LogP contribution in [-0.4, -0.2) is 47.6 Å². The smallest absolute Gasteiger partial charge is 0.216 e. The van der Waals surface area contributed by atoms with Gasteiger partial charge in [0.2, 0.25) is 10.0 Å². The predicted octanol–water partition coefficient (Wildman–Crippen LogP) is 3.94. The van der Waals surface area contributed by atoms with E-state index in [4.69, 9.17) is 0 Å². The Morgan fingerprint density at radius 1 is 1.40 bits per heavy atom. The molecule has 7 nitrogen and oxygen atoms in total. The molecule has 3 rings (SSSR count). The number of hydrogen-bond acceptors (Lipinski definition) is 5. The van der Waals surface area contributed by atoms with E-state index < -0.39 is 10.0 Å². The van der Waals surface area contributed by atoms with Crippen LogP contribution in [0.2, 0.25) is 0 Å². The number of rotatable bonds is 9. The van der Waals surface area contributed by atoms with E-state index in [9.17, 15) is 13.7 Å². The Morgan fingerprint density at radius 3 is 2.67 bits per heavy atom. The van der Waals surface area contributed by atoms with E-state index in [0.29, 0.717) is 25.4 Å². The monoisotopic (exact) mass is 429 g/mol. The number of sulfonamides is 1.